The smallest absolute Gasteiger partial charge is 0.125 e. The summed E-state index contributed by atoms with van der Waals surface area (Å²) < 4.78 is 8.01. The van der Waals surface area contributed by atoms with Crippen molar-refractivity contribution >= 4 is 0 Å². The predicted octanol–water partition coefficient (Wildman–Crippen LogP) is 2.90. The van der Waals surface area contributed by atoms with Crippen molar-refractivity contribution in [3.63, 3.8) is 0 Å². The summed E-state index contributed by atoms with van der Waals surface area (Å²) in [7, 11) is 1.85. The summed E-state index contributed by atoms with van der Waals surface area (Å²) in [6, 6.07) is 0.301. The summed E-state index contributed by atoms with van der Waals surface area (Å²) in [5.41, 5.74) is 0.0793. The monoisotopic (exact) mass is 265 g/mol. The molecule has 1 aromatic rings. The van der Waals surface area contributed by atoms with E-state index in [1.807, 2.05) is 13.3 Å². The minimum absolute atomic E-state index is 0.0793. The molecule has 2 rings (SSSR count). The number of methoxy groups -OCH3 is 1. The van der Waals surface area contributed by atoms with Gasteiger partial charge < -0.3 is 14.6 Å². The maximum atomic E-state index is 5.78. The van der Waals surface area contributed by atoms with E-state index >= 15 is 0 Å². The first-order valence-corrected chi connectivity index (χ1v) is 7.54. The first kappa shape index (κ1) is 14.5. The van der Waals surface area contributed by atoms with E-state index in [-0.39, 0.29) is 5.60 Å². The van der Waals surface area contributed by atoms with Gasteiger partial charge in [0.25, 0.3) is 0 Å². The van der Waals surface area contributed by atoms with Crippen molar-refractivity contribution < 1.29 is 4.74 Å². The maximum absolute atomic E-state index is 5.78. The van der Waals surface area contributed by atoms with E-state index in [4.69, 9.17) is 4.74 Å². The Morgan fingerprint density at radius 1 is 1.47 bits per heavy atom. The molecule has 1 atom stereocenters. The zero-order valence-electron chi connectivity index (χ0n) is 12.5. The van der Waals surface area contributed by atoms with E-state index in [2.05, 4.69) is 34.9 Å². The molecule has 0 amide bonds. The number of imidazole rings is 1. The lowest BCUT2D eigenvalue weighted by Gasteiger charge is -2.42. The highest BCUT2D eigenvalue weighted by Crippen LogP contribution is 2.41. The molecule has 0 radical (unpaired) electrons. The van der Waals surface area contributed by atoms with Gasteiger partial charge in [-0.3, -0.25) is 0 Å². The number of aromatic nitrogens is 2. The van der Waals surface area contributed by atoms with E-state index in [1.54, 1.807) is 0 Å². The van der Waals surface area contributed by atoms with Gasteiger partial charge >= 0.3 is 0 Å². The summed E-state index contributed by atoms with van der Waals surface area (Å²) in [6.07, 6.45) is 9.79. The first-order valence-electron chi connectivity index (χ1n) is 7.54. The number of rotatable bonds is 8. The molecule has 0 spiro atoms. The number of aryl methyl sites for hydroxylation is 1. The highest BCUT2D eigenvalue weighted by molar-refractivity contribution is 5.04. The van der Waals surface area contributed by atoms with Crippen LogP contribution >= 0.6 is 0 Å². The average Bonchev–Trinajstić information content (AvgIpc) is 2.85. The van der Waals surface area contributed by atoms with Crippen LogP contribution in [0, 0.1) is 0 Å². The number of nitrogens with zero attached hydrogens (tertiary/aromatic N) is 2. The molecule has 1 aliphatic carbocycles. The van der Waals surface area contributed by atoms with Gasteiger partial charge in [0.1, 0.15) is 5.82 Å². The fourth-order valence-corrected chi connectivity index (χ4v) is 2.91. The van der Waals surface area contributed by atoms with Crippen LogP contribution in [0.1, 0.15) is 57.8 Å². The van der Waals surface area contributed by atoms with Crippen LogP contribution in [0.25, 0.3) is 0 Å². The van der Waals surface area contributed by atoms with Gasteiger partial charge in [0.05, 0.1) is 11.6 Å². The zero-order chi connectivity index (χ0) is 13.7. The largest absolute Gasteiger partial charge is 0.378 e. The maximum Gasteiger partial charge on any atom is 0.125 e. The molecule has 0 aliphatic heterocycles. The molecule has 1 aliphatic rings. The molecular formula is C15H27N3O. The highest BCUT2D eigenvalue weighted by Gasteiger charge is 2.40. The minimum atomic E-state index is 0.0793. The van der Waals surface area contributed by atoms with Crippen LogP contribution < -0.4 is 5.32 Å². The minimum Gasteiger partial charge on any atom is -0.378 e. The van der Waals surface area contributed by atoms with Gasteiger partial charge in [-0.2, -0.15) is 0 Å². The van der Waals surface area contributed by atoms with Crippen LogP contribution in [-0.2, 0) is 11.3 Å². The second kappa shape index (κ2) is 6.53. The third-order valence-corrected chi connectivity index (χ3v) is 4.31. The molecule has 0 bridgehead atoms. The third-order valence-electron chi connectivity index (χ3n) is 4.31. The Morgan fingerprint density at radius 3 is 2.79 bits per heavy atom. The third kappa shape index (κ3) is 3.18. The molecule has 1 fully saturated rings. The van der Waals surface area contributed by atoms with Gasteiger partial charge in [-0.25, -0.2) is 4.98 Å². The molecule has 19 heavy (non-hydrogen) atoms. The molecule has 1 heterocycles. The van der Waals surface area contributed by atoms with Crippen molar-refractivity contribution in [2.24, 2.45) is 0 Å². The molecule has 4 heteroatoms. The fourth-order valence-electron chi connectivity index (χ4n) is 2.91. The molecule has 4 nitrogen and oxygen atoms in total. The number of ether oxygens (including phenoxy) is 1. The van der Waals surface area contributed by atoms with Crippen LogP contribution in [0.2, 0.25) is 0 Å². The molecule has 0 saturated heterocycles. The average molecular weight is 265 g/mol. The van der Waals surface area contributed by atoms with Gasteiger partial charge in [0, 0.05) is 26.0 Å². The van der Waals surface area contributed by atoms with Crippen LogP contribution in [0.3, 0.4) is 0 Å². The van der Waals surface area contributed by atoms with E-state index in [0.717, 1.165) is 31.8 Å². The first-order chi connectivity index (χ1) is 9.24. The Balaban J connectivity index is 2.11. The quantitative estimate of drug-likeness (QED) is 0.785. The van der Waals surface area contributed by atoms with E-state index in [0.29, 0.717) is 6.04 Å². The number of hydrogen-bond acceptors (Lipinski definition) is 3. The topological polar surface area (TPSA) is 39.1 Å². The Hall–Kier alpha value is -0.870. The van der Waals surface area contributed by atoms with Gasteiger partial charge in [-0.15, -0.1) is 0 Å². The second-order valence-corrected chi connectivity index (χ2v) is 5.52. The van der Waals surface area contributed by atoms with E-state index in [9.17, 15) is 0 Å². The summed E-state index contributed by atoms with van der Waals surface area (Å²) in [5, 5.41) is 3.64. The normalized spacial score (nSPS) is 19.1. The van der Waals surface area contributed by atoms with Crippen molar-refractivity contribution in [2.45, 2.75) is 64.1 Å². The van der Waals surface area contributed by atoms with Crippen molar-refractivity contribution in [3.05, 3.63) is 18.2 Å². The summed E-state index contributed by atoms with van der Waals surface area (Å²) >= 11 is 0. The highest BCUT2D eigenvalue weighted by atomic mass is 16.5. The molecule has 0 aromatic carbocycles. The van der Waals surface area contributed by atoms with E-state index < -0.39 is 0 Å². The van der Waals surface area contributed by atoms with Gasteiger partial charge in [-0.05, 0) is 45.6 Å². The predicted molar refractivity (Wildman–Crippen MR) is 77.1 cm³/mol. The van der Waals surface area contributed by atoms with Crippen molar-refractivity contribution in [2.75, 3.05) is 13.7 Å². The summed E-state index contributed by atoms with van der Waals surface area (Å²) in [4.78, 5) is 4.56. The Labute approximate surface area is 116 Å². The molecule has 1 N–H and O–H groups in total. The van der Waals surface area contributed by atoms with E-state index in [1.165, 1.54) is 19.3 Å². The molecule has 1 saturated carbocycles. The lowest BCUT2D eigenvalue weighted by Crippen LogP contribution is -2.43. The van der Waals surface area contributed by atoms with Crippen LogP contribution in [0.15, 0.2) is 12.4 Å². The zero-order valence-corrected chi connectivity index (χ0v) is 12.5. The standard InChI is InChI=1S/C15H27N3O/c1-4-9-16-13(12-15(19-3)7-6-8-15)14-17-10-11-18(14)5-2/h10-11,13,16H,4-9,12H2,1-3H3. The van der Waals surface area contributed by atoms with Crippen LogP contribution in [-0.4, -0.2) is 28.8 Å². The van der Waals surface area contributed by atoms with Crippen molar-refractivity contribution in [3.8, 4) is 0 Å². The Morgan fingerprint density at radius 2 is 2.26 bits per heavy atom. The van der Waals surface area contributed by atoms with Crippen LogP contribution in [0.5, 0.6) is 0 Å². The summed E-state index contributed by atoms with van der Waals surface area (Å²) in [6.45, 7) is 6.37. The Kier molecular flexibility index (Phi) is 4.99. The van der Waals surface area contributed by atoms with Gasteiger partial charge in [0.2, 0.25) is 0 Å². The number of nitrogens with one attached hydrogen (secondary N) is 1. The Bertz CT molecular complexity index is 379. The van der Waals surface area contributed by atoms with Crippen molar-refractivity contribution in [1.29, 1.82) is 0 Å². The SMILES string of the molecule is CCCNC(CC1(OC)CCC1)c1nccn1CC. The fraction of sp³-hybridized carbons (Fsp3) is 0.800. The van der Waals surface area contributed by atoms with Crippen molar-refractivity contribution in [1.82, 2.24) is 14.9 Å². The van der Waals surface area contributed by atoms with Gasteiger partial charge in [0.15, 0.2) is 0 Å². The molecule has 1 aromatic heterocycles. The van der Waals surface area contributed by atoms with Gasteiger partial charge in [-0.1, -0.05) is 6.92 Å². The lowest BCUT2D eigenvalue weighted by molar-refractivity contribution is -0.0844. The molecular weight excluding hydrogens is 238 g/mol. The summed E-state index contributed by atoms with van der Waals surface area (Å²) in [5.74, 6) is 1.15. The second-order valence-electron chi connectivity index (χ2n) is 5.52. The van der Waals surface area contributed by atoms with Crippen LogP contribution in [0.4, 0.5) is 0 Å². The lowest BCUT2D eigenvalue weighted by atomic mass is 9.75. The number of hydrogen-bond donors (Lipinski definition) is 1. The molecule has 1 unspecified atom stereocenters. The molecule has 108 valence electrons.